The van der Waals surface area contributed by atoms with Crippen molar-refractivity contribution in [3.8, 4) is 0 Å². The van der Waals surface area contributed by atoms with Crippen LogP contribution in [-0.2, 0) is 52.2 Å². The average molecular weight is 614 g/mol. The number of aliphatic hydroxyl groups is 2. The van der Waals surface area contributed by atoms with E-state index in [-0.39, 0.29) is 64.4 Å². The second-order valence-corrected chi connectivity index (χ2v) is 9.81. The zero-order valence-electron chi connectivity index (χ0n) is 25.9. The number of rotatable bonds is 31. The molecule has 0 rings (SSSR count). The summed E-state index contributed by atoms with van der Waals surface area (Å²) in [6.45, 7) is 11.8. The Morgan fingerprint density at radius 1 is 0.500 bits per heavy atom. The van der Waals surface area contributed by atoms with Crippen molar-refractivity contribution < 1.29 is 62.4 Å². The van der Waals surface area contributed by atoms with Gasteiger partial charge in [0.05, 0.1) is 132 Å². The number of amides is 1. The van der Waals surface area contributed by atoms with E-state index in [0.717, 1.165) is 0 Å². The number of hydrogen-bond donors (Lipinski definition) is 2. The quantitative estimate of drug-likeness (QED) is 0.0798. The third-order valence-corrected chi connectivity index (χ3v) is 5.03. The normalized spacial score (nSPS) is 11.6. The number of hydrogen-bond acceptors (Lipinski definition) is 13. The van der Waals surface area contributed by atoms with Gasteiger partial charge in [0.15, 0.2) is 0 Å². The largest absolute Gasteiger partial charge is 0.460 e. The lowest BCUT2D eigenvalue weighted by Gasteiger charge is -2.23. The monoisotopic (exact) mass is 613 g/mol. The summed E-state index contributed by atoms with van der Waals surface area (Å²) in [7, 11) is 0. The van der Waals surface area contributed by atoms with Gasteiger partial charge in [-0.15, -0.1) is 0 Å². The summed E-state index contributed by atoms with van der Waals surface area (Å²) in [4.78, 5) is 26.1. The molecule has 0 atom stereocenters. The fourth-order valence-corrected chi connectivity index (χ4v) is 3.11. The lowest BCUT2D eigenvalue weighted by Crippen LogP contribution is -2.37. The lowest BCUT2D eigenvalue weighted by atomic mass is 10.2. The molecular weight excluding hydrogens is 558 g/mol. The maximum atomic E-state index is 12.8. The first-order valence-electron chi connectivity index (χ1n) is 14.6. The van der Waals surface area contributed by atoms with Gasteiger partial charge in [-0.3, -0.25) is 9.59 Å². The van der Waals surface area contributed by atoms with Crippen LogP contribution >= 0.6 is 0 Å². The average Bonchev–Trinajstić information content (AvgIpc) is 2.94. The number of carbonyl (C=O) groups is 2. The van der Waals surface area contributed by atoms with Crippen LogP contribution < -0.4 is 0 Å². The van der Waals surface area contributed by atoms with Crippen LogP contribution in [0.25, 0.3) is 0 Å². The Bertz CT molecular complexity index is 595. The Hall–Kier alpha value is -1.46. The van der Waals surface area contributed by atoms with Gasteiger partial charge in [0.1, 0.15) is 5.60 Å². The summed E-state index contributed by atoms with van der Waals surface area (Å²) in [5.41, 5.74) is -0.518. The molecule has 250 valence electrons. The van der Waals surface area contributed by atoms with Gasteiger partial charge in [0.25, 0.3) is 0 Å². The van der Waals surface area contributed by atoms with E-state index in [1.165, 1.54) is 0 Å². The third kappa shape index (κ3) is 30.0. The van der Waals surface area contributed by atoms with Crippen molar-refractivity contribution in [1.29, 1.82) is 0 Å². The molecular formula is C28H55NO13. The van der Waals surface area contributed by atoms with Crippen LogP contribution in [0.4, 0.5) is 0 Å². The maximum Gasteiger partial charge on any atom is 0.308 e. The molecule has 0 unspecified atom stereocenters. The van der Waals surface area contributed by atoms with Gasteiger partial charge in [-0.1, -0.05) is 0 Å². The number of ether oxygens (including phenoxy) is 9. The molecule has 0 fully saturated rings. The number of nitrogens with zero attached hydrogens (tertiary/aromatic N) is 1. The van der Waals surface area contributed by atoms with Crippen LogP contribution in [0, 0.1) is 0 Å². The SMILES string of the molecule is CC(C)(C)OC(=O)CCOCCOCCC(=O)N(CCOCCOCCOCCO)CCOCCOCCOCCO. The molecule has 0 aromatic carbocycles. The standard InChI is InChI=1S/C28H55NO13/c1-28(2,3)42-27(33)5-11-35-17-16-34-10-4-26(32)29(6-12-36-18-22-40-24-20-38-14-8-30)7-13-37-19-23-41-25-21-39-15-9-31/h30-31H,4-25H2,1-3H3. The summed E-state index contributed by atoms with van der Waals surface area (Å²) >= 11 is 0. The zero-order valence-corrected chi connectivity index (χ0v) is 25.9. The summed E-state index contributed by atoms with van der Waals surface area (Å²) < 4.78 is 48.4. The van der Waals surface area contributed by atoms with E-state index in [4.69, 9.17) is 52.8 Å². The Morgan fingerprint density at radius 3 is 1.21 bits per heavy atom. The van der Waals surface area contributed by atoms with Crippen LogP contribution in [-0.4, -0.2) is 165 Å². The molecule has 0 aliphatic rings. The van der Waals surface area contributed by atoms with E-state index in [1.54, 1.807) is 4.90 Å². The molecule has 0 aliphatic heterocycles. The minimum Gasteiger partial charge on any atom is -0.460 e. The topological polar surface area (TPSA) is 161 Å². The van der Waals surface area contributed by atoms with Gasteiger partial charge >= 0.3 is 5.97 Å². The summed E-state index contributed by atoms with van der Waals surface area (Å²) in [6.07, 6.45) is 0.372. The molecule has 0 saturated carbocycles. The van der Waals surface area contributed by atoms with Crippen molar-refractivity contribution in [2.45, 2.75) is 39.2 Å². The minimum absolute atomic E-state index is 0.0172. The molecule has 0 aromatic heterocycles. The Kier molecular flexibility index (Phi) is 28.6. The van der Waals surface area contributed by atoms with Gasteiger partial charge in [0.2, 0.25) is 5.91 Å². The number of aliphatic hydroxyl groups excluding tert-OH is 2. The molecule has 2 N–H and O–H groups in total. The van der Waals surface area contributed by atoms with Gasteiger partial charge in [-0.2, -0.15) is 0 Å². The second-order valence-electron chi connectivity index (χ2n) is 9.81. The summed E-state index contributed by atoms with van der Waals surface area (Å²) in [6, 6.07) is 0. The van der Waals surface area contributed by atoms with Crippen LogP contribution in [0.5, 0.6) is 0 Å². The van der Waals surface area contributed by atoms with E-state index in [9.17, 15) is 9.59 Å². The van der Waals surface area contributed by atoms with Gasteiger partial charge < -0.3 is 57.7 Å². The molecule has 0 heterocycles. The van der Waals surface area contributed by atoms with Crippen molar-refractivity contribution in [1.82, 2.24) is 4.90 Å². The molecule has 0 saturated heterocycles. The molecule has 0 aromatic rings. The van der Waals surface area contributed by atoms with Gasteiger partial charge in [-0.25, -0.2) is 0 Å². The highest BCUT2D eigenvalue weighted by atomic mass is 16.6. The molecule has 0 bridgehead atoms. The number of esters is 1. The maximum absolute atomic E-state index is 12.8. The highest BCUT2D eigenvalue weighted by molar-refractivity contribution is 5.76. The van der Waals surface area contributed by atoms with Gasteiger partial charge in [0, 0.05) is 13.1 Å². The molecule has 0 aliphatic carbocycles. The first kappa shape index (κ1) is 40.5. The van der Waals surface area contributed by atoms with Gasteiger partial charge in [-0.05, 0) is 20.8 Å². The van der Waals surface area contributed by atoms with E-state index in [1.807, 2.05) is 20.8 Å². The molecule has 14 nitrogen and oxygen atoms in total. The van der Waals surface area contributed by atoms with E-state index in [2.05, 4.69) is 0 Å². The van der Waals surface area contributed by atoms with Crippen LogP contribution in [0.15, 0.2) is 0 Å². The van der Waals surface area contributed by atoms with Crippen LogP contribution in [0.1, 0.15) is 33.6 Å². The van der Waals surface area contributed by atoms with E-state index >= 15 is 0 Å². The highest BCUT2D eigenvalue weighted by Crippen LogP contribution is 2.08. The molecule has 42 heavy (non-hydrogen) atoms. The molecule has 0 spiro atoms. The fourth-order valence-electron chi connectivity index (χ4n) is 3.11. The second kappa shape index (κ2) is 29.6. The number of carbonyl (C=O) groups excluding carboxylic acids is 2. The Balaban J connectivity index is 4.15. The fraction of sp³-hybridized carbons (Fsp3) is 0.929. The Labute approximate surface area is 250 Å². The third-order valence-electron chi connectivity index (χ3n) is 5.03. The predicted molar refractivity (Wildman–Crippen MR) is 152 cm³/mol. The molecule has 14 heteroatoms. The van der Waals surface area contributed by atoms with Crippen molar-refractivity contribution >= 4 is 11.9 Å². The first-order valence-corrected chi connectivity index (χ1v) is 14.6. The van der Waals surface area contributed by atoms with Crippen LogP contribution in [0.3, 0.4) is 0 Å². The summed E-state index contributed by atoms with van der Waals surface area (Å²) in [5, 5.41) is 17.3. The zero-order chi connectivity index (χ0) is 31.2. The van der Waals surface area contributed by atoms with Crippen molar-refractivity contribution in [3.05, 3.63) is 0 Å². The van der Waals surface area contributed by atoms with Crippen molar-refractivity contribution in [3.63, 3.8) is 0 Å². The Morgan fingerprint density at radius 2 is 0.833 bits per heavy atom. The summed E-state index contributed by atoms with van der Waals surface area (Å²) in [5.74, 6) is -0.391. The van der Waals surface area contributed by atoms with E-state index in [0.29, 0.717) is 92.4 Å². The van der Waals surface area contributed by atoms with Crippen molar-refractivity contribution in [2.75, 3.05) is 132 Å². The van der Waals surface area contributed by atoms with E-state index < -0.39 is 5.60 Å². The van der Waals surface area contributed by atoms with Crippen molar-refractivity contribution in [2.24, 2.45) is 0 Å². The first-order chi connectivity index (χ1) is 20.3. The highest BCUT2D eigenvalue weighted by Gasteiger charge is 2.16. The predicted octanol–water partition coefficient (Wildman–Crippen LogP) is 0.0543. The lowest BCUT2D eigenvalue weighted by molar-refractivity contribution is -0.156. The minimum atomic E-state index is -0.518. The molecule has 0 radical (unpaired) electrons. The smallest absolute Gasteiger partial charge is 0.308 e. The molecule has 1 amide bonds. The van der Waals surface area contributed by atoms with Crippen LogP contribution in [0.2, 0.25) is 0 Å².